The molecule has 3 rings (SSSR count). The topological polar surface area (TPSA) is 68.3 Å². The quantitative estimate of drug-likeness (QED) is 0.590. The minimum Gasteiger partial charge on any atom is -0.392 e. The van der Waals surface area contributed by atoms with E-state index in [1.165, 1.54) is 6.07 Å². The van der Waals surface area contributed by atoms with Crippen molar-refractivity contribution in [3.8, 4) is 0 Å². The van der Waals surface area contributed by atoms with Gasteiger partial charge in [-0.3, -0.25) is 10.1 Å². The van der Waals surface area contributed by atoms with E-state index >= 15 is 0 Å². The molecule has 1 aromatic heterocycles. The maximum atomic E-state index is 10.8. The van der Waals surface area contributed by atoms with Crippen LogP contribution in [0.2, 0.25) is 0 Å². The molecule has 21 heavy (non-hydrogen) atoms. The minimum atomic E-state index is -0.388. The molecule has 0 saturated carbocycles. The van der Waals surface area contributed by atoms with Gasteiger partial charge in [-0.2, -0.15) is 0 Å². The van der Waals surface area contributed by atoms with Crippen LogP contribution in [0.1, 0.15) is 11.1 Å². The summed E-state index contributed by atoms with van der Waals surface area (Å²) in [6, 6.07) is 14.4. The van der Waals surface area contributed by atoms with Gasteiger partial charge in [0, 0.05) is 30.4 Å². The molecule has 5 nitrogen and oxygen atoms in total. The van der Waals surface area contributed by atoms with E-state index in [1.54, 1.807) is 12.1 Å². The number of aliphatic hydroxyl groups excluding tert-OH is 1. The number of hydrogen-bond donors (Lipinski definition) is 1. The second kappa shape index (κ2) is 5.38. The largest absolute Gasteiger partial charge is 0.392 e. The van der Waals surface area contributed by atoms with E-state index in [2.05, 4.69) is 0 Å². The Morgan fingerprint density at radius 3 is 2.71 bits per heavy atom. The van der Waals surface area contributed by atoms with Crippen molar-refractivity contribution < 1.29 is 10.0 Å². The highest BCUT2D eigenvalue weighted by molar-refractivity contribution is 5.80. The van der Waals surface area contributed by atoms with E-state index in [4.69, 9.17) is 0 Å². The van der Waals surface area contributed by atoms with Gasteiger partial charge in [0.1, 0.15) is 0 Å². The summed E-state index contributed by atoms with van der Waals surface area (Å²) in [4.78, 5) is 10.4. The third kappa shape index (κ3) is 2.64. The van der Waals surface area contributed by atoms with Crippen molar-refractivity contribution in [2.75, 3.05) is 0 Å². The SMILES string of the molecule is O=[N+]([O-])c1cccc(Cn2ccc3ccc(CO)cc32)c1. The van der Waals surface area contributed by atoms with E-state index in [-0.39, 0.29) is 17.2 Å². The van der Waals surface area contributed by atoms with Gasteiger partial charge in [-0.25, -0.2) is 0 Å². The number of hydrogen-bond acceptors (Lipinski definition) is 3. The summed E-state index contributed by atoms with van der Waals surface area (Å²) >= 11 is 0. The Bertz CT molecular complexity index is 808. The molecule has 0 aliphatic heterocycles. The molecule has 3 aromatic rings. The lowest BCUT2D eigenvalue weighted by atomic mass is 10.1. The third-order valence-electron chi connectivity index (χ3n) is 3.50. The number of nitro groups is 1. The number of fused-ring (bicyclic) bond motifs is 1. The van der Waals surface area contributed by atoms with E-state index in [0.717, 1.165) is 22.0 Å². The van der Waals surface area contributed by atoms with Crippen LogP contribution in [0.25, 0.3) is 10.9 Å². The van der Waals surface area contributed by atoms with Crippen LogP contribution in [0.4, 0.5) is 5.69 Å². The molecule has 0 aliphatic rings. The molecule has 0 radical (unpaired) electrons. The zero-order valence-corrected chi connectivity index (χ0v) is 11.3. The van der Waals surface area contributed by atoms with Gasteiger partial charge in [0.25, 0.3) is 5.69 Å². The van der Waals surface area contributed by atoms with Crippen molar-refractivity contribution in [2.45, 2.75) is 13.2 Å². The van der Waals surface area contributed by atoms with E-state index in [0.29, 0.717) is 6.54 Å². The van der Waals surface area contributed by atoms with Gasteiger partial charge in [-0.05, 0) is 28.6 Å². The maximum Gasteiger partial charge on any atom is 0.269 e. The molecule has 0 atom stereocenters. The monoisotopic (exact) mass is 282 g/mol. The highest BCUT2D eigenvalue weighted by Crippen LogP contribution is 2.20. The molecule has 0 aliphatic carbocycles. The smallest absolute Gasteiger partial charge is 0.269 e. The Balaban J connectivity index is 1.98. The predicted octanol–water partition coefficient (Wildman–Crippen LogP) is 3.09. The summed E-state index contributed by atoms with van der Waals surface area (Å²) in [6.07, 6.45) is 1.95. The second-order valence-corrected chi connectivity index (χ2v) is 4.92. The van der Waals surface area contributed by atoms with Gasteiger partial charge in [-0.15, -0.1) is 0 Å². The fourth-order valence-electron chi connectivity index (χ4n) is 2.43. The Morgan fingerprint density at radius 1 is 1.10 bits per heavy atom. The van der Waals surface area contributed by atoms with Crippen molar-refractivity contribution in [1.82, 2.24) is 4.57 Å². The highest BCUT2D eigenvalue weighted by Gasteiger charge is 2.07. The van der Waals surface area contributed by atoms with Crippen molar-refractivity contribution in [2.24, 2.45) is 0 Å². The number of benzene rings is 2. The van der Waals surface area contributed by atoms with Crippen LogP contribution in [0.15, 0.2) is 54.7 Å². The molecule has 1 N–H and O–H groups in total. The zero-order valence-electron chi connectivity index (χ0n) is 11.3. The molecule has 2 aromatic carbocycles. The summed E-state index contributed by atoms with van der Waals surface area (Å²) in [5.74, 6) is 0. The summed E-state index contributed by atoms with van der Waals surface area (Å²) in [6.45, 7) is 0.554. The fraction of sp³-hybridized carbons (Fsp3) is 0.125. The first-order chi connectivity index (χ1) is 10.2. The minimum absolute atomic E-state index is 0.00205. The van der Waals surface area contributed by atoms with Crippen molar-refractivity contribution >= 4 is 16.6 Å². The predicted molar refractivity (Wildman–Crippen MR) is 80.1 cm³/mol. The molecule has 0 amide bonds. The van der Waals surface area contributed by atoms with Gasteiger partial charge in [0.2, 0.25) is 0 Å². The number of aromatic nitrogens is 1. The standard InChI is InChI=1S/C16H14N2O3/c19-11-13-4-5-14-6-7-17(16(14)9-13)10-12-2-1-3-15(8-12)18(20)21/h1-9,19H,10-11H2. The number of nitro benzene ring substituents is 1. The molecule has 1 heterocycles. The van der Waals surface area contributed by atoms with Gasteiger partial charge in [0.15, 0.2) is 0 Å². The average Bonchev–Trinajstić information content (AvgIpc) is 2.89. The number of rotatable bonds is 4. The zero-order chi connectivity index (χ0) is 14.8. The number of nitrogens with zero attached hydrogens (tertiary/aromatic N) is 2. The van der Waals surface area contributed by atoms with Crippen molar-refractivity contribution in [1.29, 1.82) is 0 Å². The van der Waals surface area contributed by atoms with Crippen LogP contribution >= 0.6 is 0 Å². The lowest BCUT2D eigenvalue weighted by molar-refractivity contribution is -0.384. The van der Waals surface area contributed by atoms with E-state index in [9.17, 15) is 15.2 Å². The second-order valence-electron chi connectivity index (χ2n) is 4.92. The van der Waals surface area contributed by atoms with Crippen molar-refractivity contribution in [3.05, 3.63) is 76.0 Å². The molecular weight excluding hydrogens is 268 g/mol. The first-order valence-corrected chi connectivity index (χ1v) is 6.59. The Hall–Kier alpha value is -2.66. The normalized spacial score (nSPS) is 10.9. The lowest BCUT2D eigenvalue weighted by Gasteiger charge is -2.07. The van der Waals surface area contributed by atoms with Gasteiger partial charge in [0.05, 0.1) is 11.5 Å². The summed E-state index contributed by atoms with van der Waals surface area (Å²) in [7, 11) is 0. The van der Waals surface area contributed by atoms with Gasteiger partial charge < -0.3 is 9.67 Å². The van der Waals surface area contributed by atoms with E-state index in [1.807, 2.05) is 41.1 Å². The molecule has 0 spiro atoms. The van der Waals surface area contributed by atoms with Crippen LogP contribution in [0.3, 0.4) is 0 Å². The van der Waals surface area contributed by atoms with Crippen LogP contribution in [-0.2, 0) is 13.2 Å². The Kier molecular flexibility index (Phi) is 3.41. The van der Waals surface area contributed by atoms with Gasteiger partial charge in [-0.1, -0.05) is 24.3 Å². The fourth-order valence-corrected chi connectivity index (χ4v) is 2.43. The molecular formula is C16H14N2O3. The van der Waals surface area contributed by atoms with Crippen molar-refractivity contribution in [3.63, 3.8) is 0 Å². The molecule has 0 unspecified atom stereocenters. The van der Waals surface area contributed by atoms with Crippen LogP contribution in [0.5, 0.6) is 0 Å². The average molecular weight is 282 g/mol. The van der Waals surface area contributed by atoms with Crippen LogP contribution in [0, 0.1) is 10.1 Å². The first kappa shape index (κ1) is 13.3. The molecule has 0 saturated heterocycles. The lowest BCUT2D eigenvalue weighted by Crippen LogP contribution is -1.99. The number of non-ortho nitro benzene ring substituents is 1. The van der Waals surface area contributed by atoms with Gasteiger partial charge >= 0.3 is 0 Å². The van der Waals surface area contributed by atoms with E-state index < -0.39 is 0 Å². The summed E-state index contributed by atoms with van der Waals surface area (Å²) < 4.78 is 2.02. The Labute approximate surface area is 121 Å². The highest BCUT2D eigenvalue weighted by atomic mass is 16.6. The summed E-state index contributed by atoms with van der Waals surface area (Å²) in [5.41, 5.74) is 2.82. The van der Waals surface area contributed by atoms with Crippen LogP contribution < -0.4 is 0 Å². The molecule has 0 fully saturated rings. The third-order valence-corrected chi connectivity index (χ3v) is 3.50. The molecule has 106 valence electrons. The first-order valence-electron chi connectivity index (χ1n) is 6.59. The molecule has 0 bridgehead atoms. The molecule has 5 heteroatoms. The van der Waals surface area contributed by atoms with Crippen LogP contribution in [-0.4, -0.2) is 14.6 Å². The maximum absolute atomic E-state index is 10.8. The number of aliphatic hydroxyl groups is 1. The summed E-state index contributed by atoms with van der Waals surface area (Å²) in [5, 5.41) is 21.1. The Morgan fingerprint density at radius 2 is 1.95 bits per heavy atom.